The monoisotopic (exact) mass is 520 g/mol. The predicted octanol–water partition coefficient (Wildman–Crippen LogP) is 9.83. The molecule has 3 heteroatoms. The number of aromatic nitrogens is 2. The van der Waals surface area contributed by atoms with E-state index in [1.54, 1.807) is 0 Å². The number of rotatable bonds is 2. The number of hydrogen-bond donors (Lipinski definition) is 0. The van der Waals surface area contributed by atoms with Crippen LogP contribution in [0.2, 0.25) is 0 Å². The third kappa shape index (κ3) is 3.64. The lowest BCUT2D eigenvalue weighted by Crippen LogP contribution is -2.33. The fourth-order valence-corrected chi connectivity index (χ4v) is 8.14. The van der Waals surface area contributed by atoms with Gasteiger partial charge in [-0.25, -0.2) is 9.97 Å². The Hall–Kier alpha value is -3.95. The minimum absolute atomic E-state index is 0.0841. The summed E-state index contributed by atoms with van der Waals surface area (Å²) in [7, 11) is 0. The van der Waals surface area contributed by atoms with Crippen LogP contribution in [0, 0.1) is 0 Å². The SMILES string of the molecule is c1ccc2c(c1)Sc1ccc(-c3nc(-c4cccc5ccccc45)c4ccccc4n3)cc1C21CCCCC1. The number of hydrogen-bond acceptors (Lipinski definition) is 3. The minimum Gasteiger partial charge on any atom is -0.228 e. The molecule has 8 rings (SSSR count). The highest BCUT2D eigenvalue weighted by Crippen LogP contribution is 2.55. The normalized spacial score (nSPS) is 15.8. The standard InChI is InChI=1S/C36H28N2S/c1-8-21-36(22-9-1)29-16-5-7-18-32(29)39-33-20-19-25(23-30(33)36)35-37-31-17-6-4-14-28(31)34(38-35)27-15-10-12-24-11-2-3-13-26(24)27/h2-7,10-20,23H,1,8-9,21-22H2. The molecule has 188 valence electrons. The molecule has 1 saturated carbocycles. The van der Waals surface area contributed by atoms with Crippen LogP contribution >= 0.6 is 11.8 Å². The molecule has 2 heterocycles. The summed E-state index contributed by atoms with van der Waals surface area (Å²) in [6.45, 7) is 0. The van der Waals surface area contributed by atoms with Crippen LogP contribution in [0.15, 0.2) is 119 Å². The van der Waals surface area contributed by atoms with E-state index in [1.807, 2.05) is 11.8 Å². The van der Waals surface area contributed by atoms with Crippen molar-refractivity contribution < 1.29 is 0 Å². The van der Waals surface area contributed by atoms with Gasteiger partial charge < -0.3 is 0 Å². The van der Waals surface area contributed by atoms with Crippen LogP contribution in [0.4, 0.5) is 0 Å². The van der Waals surface area contributed by atoms with E-state index in [0.717, 1.165) is 33.5 Å². The highest BCUT2D eigenvalue weighted by Gasteiger charge is 2.41. The number of para-hydroxylation sites is 1. The third-order valence-electron chi connectivity index (χ3n) is 8.73. The topological polar surface area (TPSA) is 25.8 Å². The van der Waals surface area contributed by atoms with Crippen molar-refractivity contribution in [2.45, 2.75) is 47.3 Å². The first kappa shape index (κ1) is 23.0. The van der Waals surface area contributed by atoms with Crippen LogP contribution in [0.1, 0.15) is 43.2 Å². The van der Waals surface area contributed by atoms with Gasteiger partial charge >= 0.3 is 0 Å². The lowest BCUT2D eigenvalue weighted by atomic mass is 9.65. The molecule has 5 aromatic carbocycles. The van der Waals surface area contributed by atoms with Gasteiger partial charge in [0, 0.05) is 31.7 Å². The van der Waals surface area contributed by atoms with Gasteiger partial charge in [-0.15, -0.1) is 0 Å². The zero-order chi connectivity index (χ0) is 25.8. The second-order valence-corrected chi connectivity index (χ2v) is 12.0. The van der Waals surface area contributed by atoms with Crippen molar-refractivity contribution in [1.82, 2.24) is 9.97 Å². The van der Waals surface area contributed by atoms with Crippen molar-refractivity contribution in [2.24, 2.45) is 0 Å². The quantitative estimate of drug-likeness (QED) is 0.227. The molecule has 1 spiro atoms. The van der Waals surface area contributed by atoms with Crippen LogP contribution in [0.25, 0.3) is 44.3 Å². The molecule has 0 amide bonds. The summed E-state index contributed by atoms with van der Waals surface area (Å²) in [5.41, 5.74) is 7.29. The van der Waals surface area contributed by atoms with Crippen LogP contribution in [-0.4, -0.2) is 9.97 Å². The van der Waals surface area contributed by atoms with Gasteiger partial charge in [0.15, 0.2) is 5.82 Å². The average molecular weight is 521 g/mol. The molecule has 1 aliphatic heterocycles. The molecule has 1 aliphatic carbocycles. The second-order valence-electron chi connectivity index (χ2n) is 10.9. The predicted molar refractivity (Wildman–Crippen MR) is 162 cm³/mol. The molecule has 2 nitrogen and oxygen atoms in total. The van der Waals surface area contributed by atoms with E-state index in [-0.39, 0.29) is 5.41 Å². The Balaban J connectivity index is 1.35. The Morgan fingerprint density at radius 2 is 1.33 bits per heavy atom. The van der Waals surface area contributed by atoms with E-state index < -0.39 is 0 Å². The third-order valence-corrected chi connectivity index (χ3v) is 9.88. The molecule has 0 atom stereocenters. The first-order chi connectivity index (χ1) is 19.3. The van der Waals surface area contributed by atoms with Crippen molar-refractivity contribution in [2.75, 3.05) is 0 Å². The van der Waals surface area contributed by atoms with Gasteiger partial charge in [-0.1, -0.05) is 116 Å². The van der Waals surface area contributed by atoms with Crippen LogP contribution < -0.4 is 0 Å². The Morgan fingerprint density at radius 1 is 0.590 bits per heavy atom. The number of nitrogens with zero attached hydrogens (tertiary/aromatic N) is 2. The van der Waals surface area contributed by atoms with Gasteiger partial charge in [-0.2, -0.15) is 0 Å². The molecular weight excluding hydrogens is 492 g/mol. The highest BCUT2D eigenvalue weighted by atomic mass is 32.2. The van der Waals surface area contributed by atoms with Crippen molar-refractivity contribution in [1.29, 1.82) is 0 Å². The zero-order valence-electron chi connectivity index (χ0n) is 21.7. The minimum atomic E-state index is 0.0841. The maximum atomic E-state index is 5.30. The molecule has 39 heavy (non-hydrogen) atoms. The average Bonchev–Trinajstić information content (AvgIpc) is 3.01. The summed E-state index contributed by atoms with van der Waals surface area (Å²) in [6, 6.07) is 39.5. The van der Waals surface area contributed by atoms with Crippen LogP contribution in [-0.2, 0) is 5.41 Å². The summed E-state index contributed by atoms with van der Waals surface area (Å²) in [5.74, 6) is 0.800. The maximum Gasteiger partial charge on any atom is 0.160 e. The van der Waals surface area contributed by atoms with Gasteiger partial charge in [-0.05, 0) is 59.0 Å². The van der Waals surface area contributed by atoms with Crippen molar-refractivity contribution in [3.8, 4) is 22.6 Å². The number of benzene rings is 5. The number of fused-ring (bicyclic) bond motifs is 6. The molecule has 0 radical (unpaired) electrons. The van der Waals surface area contributed by atoms with Gasteiger partial charge in [0.2, 0.25) is 0 Å². The molecule has 2 aliphatic rings. The van der Waals surface area contributed by atoms with E-state index in [2.05, 4.69) is 109 Å². The van der Waals surface area contributed by atoms with Crippen molar-refractivity contribution in [3.05, 3.63) is 120 Å². The summed E-state index contributed by atoms with van der Waals surface area (Å²) in [5, 5.41) is 3.53. The summed E-state index contributed by atoms with van der Waals surface area (Å²) >= 11 is 1.92. The fourth-order valence-electron chi connectivity index (χ4n) is 6.88. The van der Waals surface area contributed by atoms with Gasteiger partial charge in [0.05, 0.1) is 11.2 Å². The van der Waals surface area contributed by atoms with Gasteiger partial charge in [-0.3, -0.25) is 0 Å². The molecule has 1 aromatic heterocycles. The summed E-state index contributed by atoms with van der Waals surface area (Å²) in [6.07, 6.45) is 6.30. The maximum absolute atomic E-state index is 5.30. The molecule has 0 N–H and O–H groups in total. The largest absolute Gasteiger partial charge is 0.228 e. The molecular formula is C36H28N2S. The van der Waals surface area contributed by atoms with Gasteiger partial charge in [0.1, 0.15) is 0 Å². The summed E-state index contributed by atoms with van der Waals surface area (Å²) < 4.78 is 0. The lowest BCUT2D eigenvalue weighted by molar-refractivity contribution is 0.335. The van der Waals surface area contributed by atoms with E-state index in [9.17, 15) is 0 Å². The molecule has 0 unspecified atom stereocenters. The molecule has 6 aromatic rings. The Kier molecular flexibility index (Phi) is 5.34. The summed E-state index contributed by atoms with van der Waals surface area (Å²) in [4.78, 5) is 13.2. The highest BCUT2D eigenvalue weighted by molar-refractivity contribution is 7.99. The molecule has 0 saturated heterocycles. The van der Waals surface area contributed by atoms with E-state index in [4.69, 9.17) is 9.97 Å². The van der Waals surface area contributed by atoms with Crippen molar-refractivity contribution >= 4 is 33.4 Å². The van der Waals surface area contributed by atoms with Crippen LogP contribution in [0.3, 0.4) is 0 Å². The van der Waals surface area contributed by atoms with E-state index >= 15 is 0 Å². The second kappa shape index (κ2) is 9.07. The Labute approximate surface area is 233 Å². The smallest absolute Gasteiger partial charge is 0.160 e. The molecule has 1 fully saturated rings. The fraction of sp³-hybridized carbons (Fsp3) is 0.167. The Morgan fingerprint density at radius 3 is 2.26 bits per heavy atom. The van der Waals surface area contributed by atoms with Crippen LogP contribution in [0.5, 0.6) is 0 Å². The Bertz CT molecular complexity index is 1880. The lowest BCUT2D eigenvalue weighted by Gasteiger charge is -2.43. The first-order valence-corrected chi connectivity index (χ1v) is 14.8. The molecule has 0 bridgehead atoms. The van der Waals surface area contributed by atoms with E-state index in [1.165, 1.54) is 63.8 Å². The van der Waals surface area contributed by atoms with Gasteiger partial charge in [0.25, 0.3) is 0 Å². The van der Waals surface area contributed by atoms with E-state index in [0.29, 0.717) is 0 Å². The zero-order valence-corrected chi connectivity index (χ0v) is 22.5. The first-order valence-electron chi connectivity index (χ1n) is 14.0. The van der Waals surface area contributed by atoms with Crippen molar-refractivity contribution in [3.63, 3.8) is 0 Å².